The Morgan fingerprint density at radius 3 is 2.62 bits per heavy atom. The molecule has 0 aromatic heterocycles. The van der Waals surface area contributed by atoms with E-state index in [1.54, 1.807) is 7.11 Å². The maximum absolute atomic E-state index is 5.66. The Balaban J connectivity index is 1.77. The lowest BCUT2D eigenvalue weighted by Crippen LogP contribution is -2.45. The van der Waals surface area contributed by atoms with Crippen LogP contribution in [0.3, 0.4) is 0 Å². The molecule has 124 valence electrons. The lowest BCUT2D eigenvalue weighted by atomic mass is 9.83. The number of nitrogens with one attached hydrogen (secondary N) is 1. The van der Waals surface area contributed by atoms with Crippen LogP contribution in [0.15, 0.2) is 0 Å². The van der Waals surface area contributed by atoms with E-state index in [0.717, 1.165) is 19.1 Å². The first kappa shape index (κ1) is 17.2. The molecular weight excluding hydrogens is 264 g/mol. The van der Waals surface area contributed by atoms with Gasteiger partial charge in [-0.2, -0.15) is 0 Å². The van der Waals surface area contributed by atoms with Gasteiger partial charge in [-0.1, -0.05) is 19.3 Å². The van der Waals surface area contributed by atoms with E-state index >= 15 is 0 Å². The highest BCUT2D eigenvalue weighted by atomic mass is 16.5. The standard InChI is InChI=1S/C17H34N2O2/c1-15-8-9-18-17(16-6-4-3-5-7-16)14-19(15)10-11-21-13-12-20-2/h15-18H,3-14H2,1-2H3. The molecule has 4 nitrogen and oxygen atoms in total. The second-order valence-corrected chi connectivity index (χ2v) is 6.70. The Bertz CT molecular complexity index is 270. The van der Waals surface area contributed by atoms with Crippen LogP contribution in [0.2, 0.25) is 0 Å². The molecule has 1 saturated heterocycles. The largest absolute Gasteiger partial charge is 0.382 e. The lowest BCUT2D eigenvalue weighted by Gasteiger charge is -2.34. The molecule has 4 heteroatoms. The maximum Gasteiger partial charge on any atom is 0.0700 e. The molecule has 2 unspecified atom stereocenters. The topological polar surface area (TPSA) is 33.7 Å². The van der Waals surface area contributed by atoms with Gasteiger partial charge in [0, 0.05) is 32.3 Å². The fraction of sp³-hybridized carbons (Fsp3) is 1.00. The van der Waals surface area contributed by atoms with E-state index in [4.69, 9.17) is 9.47 Å². The summed E-state index contributed by atoms with van der Waals surface area (Å²) in [6.45, 7) is 8.01. The van der Waals surface area contributed by atoms with Crippen molar-refractivity contribution >= 4 is 0 Å². The number of ether oxygens (including phenoxy) is 2. The fourth-order valence-electron chi connectivity index (χ4n) is 3.75. The minimum absolute atomic E-state index is 0.664. The Labute approximate surface area is 130 Å². The highest BCUT2D eigenvalue weighted by molar-refractivity contribution is 4.86. The van der Waals surface area contributed by atoms with Gasteiger partial charge in [0.15, 0.2) is 0 Å². The van der Waals surface area contributed by atoms with Crippen LogP contribution in [0.1, 0.15) is 45.4 Å². The van der Waals surface area contributed by atoms with Crippen LogP contribution in [-0.2, 0) is 9.47 Å². The van der Waals surface area contributed by atoms with Crippen molar-refractivity contribution in [2.45, 2.75) is 57.5 Å². The highest BCUT2D eigenvalue weighted by Gasteiger charge is 2.29. The number of hydrogen-bond acceptors (Lipinski definition) is 4. The third-order valence-corrected chi connectivity index (χ3v) is 5.20. The second-order valence-electron chi connectivity index (χ2n) is 6.70. The summed E-state index contributed by atoms with van der Waals surface area (Å²) in [5.41, 5.74) is 0. The van der Waals surface area contributed by atoms with Crippen molar-refractivity contribution in [3.8, 4) is 0 Å². The molecule has 2 rings (SSSR count). The average molecular weight is 298 g/mol. The number of nitrogens with zero attached hydrogens (tertiary/aromatic N) is 1. The van der Waals surface area contributed by atoms with Gasteiger partial charge in [0.2, 0.25) is 0 Å². The Morgan fingerprint density at radius 1 is 1.05 bits per heavy atom. The van der Waals surface area contributed by atoms with E-state index in [2.05, 4.69) is 17.1 Å². The quantitative estimate of drug-likeness (QED) is 0.731. The van der Waals surface area contributed by atoms with Crippen molar-refractivity contribution < 1.29 is 9.47 Å². The molecule has 0 aromatic carbocycles. The van der Waals surface area contributed by atoms with Crippen molar-refractivity contribution in [2.75, 3.05) is 46.6 Å². The molecule has 0 radical (unpaired) electrons. The van der Waals surface area contributed by atoms with E-state index in [1.807, 2.05) is 0 Å². The molecular formula is C17H34N2O2. The van der Waals surface area contributed by atoms with Crippen molar-refractivity contribution in [2.24, 2.45) is 5.92 Å². The fourth-order valence-corrected chi connectivity index (χ4v) is 3.75. The van der Waals surface area contributed by atoms with Crippen molar-refractivity contribution in [3.05, 3.63) is 0 Å². The first-order chi connectivity index (χ1) is 10.3. The Hall–Kier alpha value is -0.160. The summed E-state index contributed by atoms with van der Waals surface area (Å²) >= 11 is 0. The predicted octanol–water partition coefficient (Wildman–Crippen LogP) is 2.28. The van der Waals surface area contributed by atoms with E-state index < -0.39 is 0 Å². The van der Waals surface area contributed by atoms with Gasteiger partial charge in [-0.3, -0.25) is 4.90 Å². The van der Waals surface area contributed by atoms with Gasteiger partial charge in [-0.15, -0.1) is 0 Å². The third kappa shape index (κ3) is 5.85. The van der Waals surface area contributed by atoms with Crippen LogP contribution >= 0.6 is 0 Å². The average Bonchev–Trinajstić information content (AvgIpc) is 2.70. The third-order valence-electron chi connectivity index (χ3n) is 5.20. The summed E-state index contributed by atoms with van der Waals surface area (Å²) in [5.74, 6) is 0.890. The summed E-state index contributed by atoms with van der Waals surface area (Å²) in [4.78, 5) is 2.63. The Morgan fingerprint density at radius 2 is 1.86 bits per heavy atom. The molecule has 2 fully saturated rings. The molecule has 2 aliphatic rings. The molecule has 2 atom stereocenters. The van der Waals surface area contributed by atoms with Gasteiger partial charge in [-0.25, -0.2) is 0 Å². The predicted molar refractivity (Wildman–Crippen MR) is 86.7 cm³/mol. The van der Waals surface area contributed by atoms with E-state index in [1.165, 1.54) is 51.6 Å². The molecule has 1 aliphatic heterocycles. The molecule has 0 amide bonds. The zero-order chi connectivity index (χ0) is 14.9. The van der Waals surface area contributed by atoms with Crippen LogP contribution in [-0.4, -0.2) is 63.5 Å². The van der Waals surface area contributed by atoms with Crippen LogP contribution < -0.4 is 5.32 Å². The van der Waals surface area contributed by atoms with Gasteiger partial charge in [0.1, 0.15) is 0 Å². The maximum atomic E-state index is 5.66. The first-order valence-corrected chi connectivity index (χ1v) is 8.85. The van der Waals surface area contributed by atoms with Crippen LogP contribution in [0.4, 0.5) is 0 Å². The van der Waals surface area contributed by atoms with E-state index in [9.17, 15) is 0 Å². The van der Waals surface area contributed by atoms with Gasteiger partial charge in [0.25, 0.3) is 0 Å². The molecule has 1 N–H and O–H groups in total. The number of hydrogen-bond donors (Lipinski definition) is 1. The molecule has 21 heavy (non-hydrogen) atoms. The molecule has 0 bridgehead atoms. The minimum atomic E-state index is 0.664. The van der Waals surface area contributed by atoms with Crippen molar-refractivity contribution in [1.29, 1.82) is 0 Å². The van der Waals surface area contributed by atoms with Gasteiger partial charge in [0.05, 0.1) is 19.8 Å². The molecule has 1 aliphatic carbocycles. The minimum Gasteiger partial charge on any atom is -0.382 e. The van der Waals surface area contributed by atoms with E-state index in [-0.39, 0.29) is 0 Å². The lowest BCUT2D eigenvalue weighted by molar-refractivity contribution is 0.0486. The summed E-state index contributed by atoms with van der Waals surface area (Å²) in [6.07, 6.45) is 8.39. The van der Waals surface area contributed by atoms with E-state index in [0.29, 0.717) is 25.3 Å². The van der Waals surface area contributed by atoms with Gasteiger partial charge in [-0.05, 0) is 38.6 Å². The number of methoxy groups -OCH3 is 1. The van der Waals surface area contributed by atoms with Crippen molar-refractivity contribution in [3.63, 3.8) is 0 Å². The summed E-state index contributed by atoms with van der Waals surface area (Å²) < 4.78 is 10.7. The van der Waals surface area contributed by atoms with Gasteiger partial charge >= 0.3 is 0 Å². The zero-order valence-corrected chi connectivity index (χ0v) is 14.0. The summed E-state index contributed by atoms with van der Waals surface area (Å²) in [7, 11) is 1.72. The molecule has 0 spiro atoms. The molecule has 1 saturated carbocycles. The highest BCUT2D eigenvalue weighted by Crippen LogP contribution is 2.28. The number of rotatable bonds is 7. The first-order valence-electron chi connectivity index (χ1n) is 8.85. The Kier molecular flexibility index (Phi) is 8.01. The zero-order valence-electron chi connectivity index (χ0n) is 14.0. The van der Waals surface area contributed by atoms with Crippen LogP contribution in [0, 0.1) is 5.92 Å². The SMILES string of the molecule is COCCOCCN1CC(C2CCCCC2)NCCC1C. The normalized spacial score (nSPS) is 29.4. The van der Waals surface area contributed by atoms with Gasteiger partial charge < -0.3 is 14.8 Å². The molecule has 1 heterocycles. The van der Waals surface area contributed by atoms with Crippen LogP contribution in [0.5, 0.6) is 0 Å². The summed E-state index contributed by atoms with van der Waals surface area (Å²) in [6, 6.07) is 1.35. The second kappa shape index (κ2) is 9.78. The monoisotopic (exact) mass is 298 g/mol. The molecule has 0 aromatic rings. The summed E-state index contributed by atoms with van der Waals surface area (Å²) in [5, 5.41) is 3.82. The van der Waals surface area contributed by atoms with Crippen molar-refractivity contribution in [1.82, 2.24) is 10.2 Å². The smallest absolute Gasteiger partial charge is 0.0700 e. The van der Waals surface area contributed by atoms with Crippen LogP contribution in [0.25, 0.3) is 0 Å².